The van der Waals surface area contributed by atoms with Crippen molar-refractivity contribution in [2.45, 2.75) is 57.5 Å². The van der Waals surface area contributed by atoms with E-state index in [-0.39, 0.29) is 5.91 Å². The van der Waals surface area contributed by atoms with Crippen molar-refractivity contribution in [2.75, 3.05) is 13.1 Å². The van der Waals surface area contributed by atoms with E-state index in [1.807, 2.05) is 4.90 Å². The van der Waals surface area contributed by atoms with Gasteiger partial charge in [-0.2, -0.15) is 0 Å². The molecule has 2 aliphatic rings. The SMILES string of the molecule is O=CO[C@@H](CC1CCCCC1)C(=O)N1CCCC1. The van der Waals surface area contributed by atoms with E-state index in [2.05, 4.69) is 0 Å². The summed E-state index contributed by atoms with van der Waals surface area (Å²) in [5.74, 6) is 0.570. The maximum absolute atomic E-state index is 12.3. The van der Waals surface area contributed by atoms with E-state index >= 15 is 0 Å². The minimum atomic E-state index is -0.538. The molecule has 0 aromatic carbocycles. The Hall–Kier alpha value is -1.06. The molecule has 1 saturated heterocycles. The fraction of sp³-hybridized carbons (Fsp3) is 0.857. The second-order valence-electron chi connectivity index (χ2n) is 5.49. The highest BCUT2D eigenvalue weighted by Gasteiger charge is 2.30. The molecule has 18 heavy (non-hydrogen) atoms. The van der Waals surface area contributed by atoms with Crippen LogP contribution in [0.25, 0.3) is 0 Å². The Morgan fingerprint density at radius 2 is 1.83 bits per heavy atom. The molecule has 1 atom stereocenters. The van der Waals surface area contributed by atoms with Crippen molar-refractivity contribution < 1.29 is 14.3 Å². The van der Waals surface area contributed by atoms with Crippen molar-refractivity contribution in [3.63, 3.8) is 0 Å². The Kier molecular flexibility index (Phi) is 5.02. The second kappa shape index (κ2) is 6.76. The molecule has 0 radical (unpaired) electrons. The number of carbonyl (C=O) groups excluding carboxylic acids is 2. The lowest BCUT2D eigenvalue weighted by molar-refractivity contribution is -0.152. The van der Waals surface area contributed by atoms with Crippen LogP contribution in [0.15, 0.2) is 0 Å². The van der Waals surface area contributed by atoms with Gasteiger partial charge in [0, 0.05) is 13.1 Å². The third-order valence-electron chi connectivity index (χ3n) is 4.19. The van der Waals surface area contributed by atoms with E-state index in [1.165, 1.54) is 32.1 Å². The lowest BCUT2D eigenvalue weighted by Crippen LogP contribution is -2.39. The van der Waals surface area contributed by atoms with Crippen LogP contribution in [0.4, 0.5) is 0 Å². The van der Waals surface area contributed by atoms with Gasteiger partial charge in [0.2, 0.25) is 0 Å². The predicted molar refractivity (Wildman–Crippen MR) is 67.9 cm³/mol. The number of amides is 1. The van der Waals surface area contributed by atoms with E-state index in [0.717, 1.165) is 25.9 Å². The number of likely N-dealkylation sites (tertiary alicyclic amines) is 1. The van der Waals surface area contributed by atoms with Gasteiger partial charge in [0.05, 0.1) is 0 Å². The van der Waals surface area contributed by atoms with Gasteiger partial charge in [0.25, 0.3) is 12.4 Å². The van der Waals surface area contributed by atoms with Gasteiger partial charge >= 0.3 is 0 Å². The second-order valence-corrected chi connectivity index (χ2v) is 5.49. The summed E-state index contributed by atoms with van der Waals surface area (Å²) < 4.78 is 5.05. The molecule has 4 nitrogen and oxygen atoms in total. The summed E-state index contributed by atoms with van der Waals surface area (Å²) in [5.41, 5.74) is 0. The number of ether oxygens (including phenoxy) is 1. The molecule has 0 bridgehead atoms. The number of rotatable bonds is 5. The van der Waals surface area contributed by atoms with Crippen molar-refractivity contribution in [1.82, 2.24) is 4.90 Å². The van der Waals surface area contributed by atoms with Crippen molar-refractivity contribution in [3.8, 4) is 0 Å². The molecular formula is C14H23NO3. The van der Waals surface area contributed by atoms with Crippen LogP contribution in [0.5, 0.6) is 0 Å². The van der Waals surface area contributed by atoms with Crippen LogP contribution in [-0.4, -0.2) is 36.5 Å². The van der Waals surface area contributed by atoms with Crippen LogP contribution in [0.2, 0.25) is 0 Å². The fourth-order valence-electron chi connectivity index (χ4n) is 3.15. The third kappa shape index (κ3) is 3.47. The minimum Gasteiger partial charge on any atom is -0.454 e. The molecule has 102 valence electrons. The average Bonchev–Trinajstić information content (AvgIpc) is 2.92. The molecule has 1 saturated carbocycles. The molecule has 4 heteroatoms. The van der Waals surface area contributed by atoms with Crippen LogP contribution in [-0.2, 0) is 14.3 Å². The first-order chi connectivity index (χ1) is 8.81. The highest BCUT2D eigenvalue weighted by atomic mass is 16.5. The molecule has 2 rings (SSSR count). The lowest BCUT2D eigenvalue weighted by atomic mass is 9.85. The van der Waals surface area contributed by atoms with Gasteiger partial charge in [0.15, 0.2) is 6.10 Å². The number of nitrogens with zero attached hydrogens (tertiary/aromatic N) is 1. The summed E-state index contributed by atoms with van der Waals surface area (Å²) in [7, 11) is 0. The molecular weight excluding hydrogens is 230 g/mol. The van der Waals surface area contributed by atoms with Crippen LogP contribution >= 0.6 is 0 Å². The Balaban J connectivity index is 1.88. The molecule has 1 heterocycles. The molecule has 1 amide bonds. The highest BCUT2D eigenvalue weighted by molar-refractivity contribution is 5.82. The smallest absolute Gasteiger partial charge is 0.293 e. The Bertz CT molecular complexity index is 281. The standard InChI is InChI=1S/C14H23NO3/c16-11-18-13(10-12-6-2-1-3-7-12)14(17)15-8-4-5-9-15/h11-13H,1-10H2/t13-/m0/s1. The Morgan fingerprint density at radius 3 is 2.44 bits per heavy atom. The summed E-state index contributed by atoms with van der Waals surface area (Å²) in [5, 5.41) is 0. The number of hydrogen-bond acceptors (Lipinski definition) is 3. The summed E-state index contributed by atoms with van der Waals surface area (Å²) in [6, 6.07) is 0. The normalized spacial score (nSPS) is 22.8. The van der Waals surface area contributed by atoms with Crippen LogP contribution in [0.1, 0.15) is 51.4 Å². The van der Waals surface area contributed by atoms with Gasteiger partial charge in [-0.15, -0.1) is 0 Å². The number of hydrogen-bond donors (Lipinski definition) is 0. The zero-order valence-corrected chi connectivity index (χ0v) is 11.0. The quantitative estimate of drug-likeness (QED) is 0.705. The third-order valence-corrected chi connectivity index (χ3v) is 4.19. The molecule has 2 fully saturated rings. The summed E-state index contributed by atoms with van der Waals surface area (Å²) in [4.78, 5) is 24.7. The number of carbonyl (C=O) groups is 2. The van der Waals surface area contributed by atoms with Gasteiger partial charge in [-0.05, 0) is 25.2 Å². The zero-order valence-electron chi connectivity index (χ0n) is 11.0. The molecule has 0 aromatic heterocycles. The highest BCUT2D eigenvalue weighted by Crippen LogP contribution is 2.28. The summed E-state index contributed by atoms with van der Waals surface area (Å²) >= 11 is 0. The molecule has 0 N–H and O–H groups in total. The van der Waals surface area contributed by atoms with Gasteiger partial charge in [-0.25, -0.2) is 0 Å². The molecule has 0 spiro atoms. The topological polar surface area (TPSA) is 46.6 Å². The molecule has 1 aliphatic heterocycles. The van der Waals surface area contributed by atoms with E-state index in [4.69, 9.17) is 4.74 Å². The summed E-state index contributed by atoms with van der Waals surface area (Å²) in [6.07, 6.45) is 8.46. The van der Waals surface area contributed by atoms with E-state index < -0.39 is 6.10 Å². The van der Waals surface area contributed by atoms with Crippen LogP contribution in [0, 0.1) is 5.92 Å². The largest absolute Gasteiger partial charge is 0.454 e. The maximum Gasteiger partial charge on any atom is 0.293 e. The average molecular weight is 253 g/mol. The monoisotopic (exact) mass is 253 g/mol. The Morgan fingerprint density at radius 1 is 1.17 bits per heavy atom. The first-order valence-electron chi connectivity index (χ1n) is 7.19. The lowest BCUT2D eigenvalue weighted by Gasteiger charge is -2.27. The fourth-order valence-corrected chi connectivity index (χ4v) is 3.15. The van der Waals surface area contributed by atoms with Crippen molar-refractivity contribution in [1.29, 1.82) is 0 Å². The van der Waals surface area contributed by atoms with Crippen LogP contribution in [0.3, 0.4) is 0 Å². The van der Waals surface area contributed by atoms with E-state index in [9.17, 15) is 9.59 Å². The van der Waals surface area contributed by atoms with Crippen molar-refractivity contribution in [2.24, 2.45) is 5.92 Å². The van der Waals surface area contributed by atoms with Gasteiger partial charge in [-0.3, -0.25) is 9.59 Å². The first kappa shape index (κ1) is 13.4. The zero-order chi connectivity index (χ0) is 12.8. The van der Waals surface area contributed by atoms with E-state index in [1.54, 1.807) is 0 Å². The Labute approximate surface area is 109 Å². The van der Waals surface area contributed by atoms with Crippen molar-refractivity contribution in [3.05, 3.63) is 0 Å². The van der Waals surface area contributed by atoms with Gasteiger partial charge in [0.1, 0.15) is 0 Å². The predicted octanol–water partition coefficient (Wildman–Crippen LogP) is 2.12. The van der Waals surface area contributed by atoms with E-state index in [0.29, 0.717) is 18.8 Å². The summed E-state index contributed by atoms with van der Waals surface area (Å²) in [6.45, 7) is 2.08. The van der Waals surface area contributed by atoms with Gasteiger partial charge < -0.3 is 9.64 Å². The maximum atomic E-state index is 12.3. The first-order valence-corrected chi connectivity index (χ1v) is 7.19. The van der Waals surface area contributed by atoms with Crippen LogP contribution < -0.4 is 0 Å². The minimum absolute atomic E-state index is 0.0187. The van der Waals surface area contributed by atoms with Crippen molar-refractivity contribution >= 4 is 12.4 Å². The van der Waals surface area contributed by atoms with Gasteiger partial charge in [-0.1, -0.05) is 32.1 Å². The molecule has 0 unspecified atom stereocenters. The molecule has 1 aliphatic carbocycles. The molecule has 0 aromatic rings.